The highest BCUT2D eigenvalue weighted by Crippen LogP contribution is 2.29. The fraction of sp³-hybridized carbons (Fsp3) is 0.250. The Morgan fingerprint density at radius 3 is 3.00 bits per heavy atom. The van der Waals surface area contributed by atoms with Gasteiger partial charge in [0.05, 0.1) is 6.61 Å². The summed E-state index contributed by atoms with van der Waals surface area (Å²) in [5.74, 6) is 0.328. The summed E-state index contributed by atoms with van der Waals surface area (Å²) in [6, 6.07) is 5.23. The summed E-state index contributed by atoms with van der Waals surface area (Å²) >= 11 is 6.19. The molecular weight excluding hydrogens is 346 g/mol. The molecule has 128 valence electrons. The molecule has 0 spiro atoms. The molecule has 9 heteroatoms. The molecule has 0 aliphatic carbocycles. The van der Waals surface area contributed by atoms with Crippen LogP contribution in [0.4, 0.5) is 0 Å². The smallest absolute Gasteiger partial charge is 0.279 e. The Morgan fingerprint density at radius 2 is 2.24 bits per heavy atom. The summed E-state index contributed by atoms with van der Waals surface area (Å²) in [7, 11) is 0. The number of aliphatic hydroxyl groups is 1. The Labute approximate surface area is 146 Å². The average molecular weight is 360 g/mol. The highest BCUT2D eigenvalue weighted by atomic mass is 35.5. The number of halogens is 1. The van der Waals surface area contributed by atoms with Crippen molar-refractivity contribution >= 4 is 28.2 Å². The van der Waals surface area contributed by atoms with E-state index in [2.05, 4.69) is 15.1 Å². The molecule has 4 aromatic rings. The SMILES string of the molecule is Cc1c2c(-c3nc(C(C)CO)no3)ncn2c2cccc(Cl)c2[n+]1[O-]. The minimum absolute atomic E-state index is 0.0916. The summed E-state index contributed by atoms with van der Waals surface area (Å²) in [4.78, 5) is 8.65. The first-order valence-corrected chi connectivity index (χ1v) is 8.03. The van der Waals surface area contributed by atoms with Gasteiger partial charge in [-0.05, 0) is 12.1 Å². The van der Waals surface area contributed by atoms with E-state index in [-0.39, 0.29) is 18.4 Å². The topological polar surface area (TPSA) is 103 Å². The first-order chi connectivity index (χ1) is 12.0. The number of rotatable bonds is 3. The van der Waals surface area contributed by atoms with E-state index in [0.29, 0.717) is 38.8 Å². The summed E-state index contributed by atoms with van der Waals surface area (Å²) in [6.45, 7) is 3.38. The van der Waals surface area contributed by atoms with Crippen molar-refractivity contribution in [1.29, 1.82) is 0 Å². The monoisotopic (exact) mass is 359 g/mol. The van der Waals surface area contributed by atoms with Gasteiger partial charge in [-0.3, -0.25) is 4.40 Å². The molecule has 0 fully saturated rings. The van der Waals surface area contributed by atoms with E-state index >= 15 is 0 Å². The van der Waals surface area contributed by atoms with E-state index in [4.69, 9.17) is 16.1 Å². The Bertz CT molecular complexity index is 1100. The van der Waals surface area contributed by atoms with Crippen LogP contribution in [0.5, 0.6) is 0 Å². The van der Waals surface area contributed by atoms with Crippen molar-refractivity contribution in [3.63, 3.8) is 0 Å². The fourth-order valence-electron chi connectivity index (χ4n) is 2.81. The van der Waals surface area contributed by atoms with Gasteiger partial charge in [0.2, 0.25) is 5.69 Å². The van der Waals surface area contributed by atoms with Crippen molar-refractivity contribution in [2.45, 2.75) is 19.8 Å². The third kappa shape index (κ3) is 2.25. The van der Waals surface area contributed by atoms with Crippen molar-refractivity contribution in [3.05, 3.63) is 46.3 Å². The lowest BCUT2D eigenvalue weighted by molar-refractivity contribution is -0.583. The lowest BCUT2D eigenvalue weighted by Crippen LogP contribution is -2.32. The number of imidazole rings is 1. The first-order valence-electron chi connectivity index (χ1n) is 7.65. The molecular formula is C16H14ClN5O3. The third-order valence-electron chi connectivity index (χ3n) is 4.20. The second-order valence-corrected chi connectivity index (χ2v) is 6.25. The number of aryl methyl sites for hydroxylation is 1. The van der Waals surface area contributed by atoms with Gasteiger partial charge >= 0.3 is 0 Å². The second kappa shape index (κ2) is 5.68. The van der Waals surface area contributed by atoms with Crippen LogP contribution < -0.4 is 4.73 Å². The predicted octanol–water partition coefficient (Wildman–Crippen LogP) is 2.23. The van der Waals surface area contributed by atoms with Gasteiger partial charge in [-0.1, -0.05) is 29.7 Å². The van der Waals surface area contributed by atoms with Gasteiger partial charge in [-0.15, -0.1) is 0 Å². The lowest BCUT2D eigenvalue weighted by Gasteiger charge is -2.09. The number of para-hydroxylation sites is 1. The highest BCUT2D eigenvalue weighted by Gasteiger charge is 2.25. The van der Waals surface area contributed by atoms with E-state index in [1.807, 2.05) is 0 Å². The summed E-state index contributed by atoms with van der Waals surface area (Å²) < 4.78 is 7.85. The summed E-state index contributed by atoms with van der Waals surface area (Å²) in [5.41, 5.74) is 2.40. The van der Waals surface area contributed by atoms with Gasteiger partial charge in [0.1, 0.15) is 22.4 Å². The Hall–Kier alpha value is -2.71. The average Bonchev–Trinajstić information content (AvgIpc) is 3.25. The van der Waals surface area contributed by atoms with Gasteiger partial charge < -0.3 is 14.8 Å². The lowest BCUT2D eigenvalue weighted by atomic mass is 10.2. The fourth-order valence-corrected chi connectivity index (χ4v) is 3.06. The van der Waals surface area contributed by atoms with E-state index in [1.54, 1.807) is 42.8 Å². The number of nitrogens with zero attached hydrogens (tertiary/aromatic N) is 5. The summed E-state index contributed by atoms with van der Waals surface area (Å²) in [6.07, 6.45) is 1.59. The van der Waals surface area contributed by atoms with Crippen LogP contribution in [0.3, 0.4) is 0 Å². The molecule has 0 saturated heterocycles. The van der Waals surface area contributed by atoms with E-state index in [0.717, 1.165) is 4.73 Å². The van der Waals surface area contributed by atoms with Crippen molar-refractivity contribution < 1.29 is 14.4 Å². The van der Waals surface area contributed by atoms with Gasteiger partial charge in [-0.25, -0.2) is 4.98 Å². The van der Waals surface area contributed by atoms with Crippen LogP contribution in [0.1, 0.15) is 24.4 Å². The highest BCUT2D eigenvalue weighted by molar-refractivity contribution is 6.34. The van der Waals surface area contributed by atoms with E-state index in [1.165, 1.54) is 0 Å². The maximum Gasteiger partial charge on any atom is 0.279 e. The van der Waals surface area contributed by atoms with Crippen LogP contribution in [-0.2, 0) is 0 Å². The Morgan fingerprint density at radius 1 is 1.44 bits per heavy atom. The van der Waals surface area contributed by atoms with Crippen LogP contribution in [0.2, 0.25) is 5.02 Å². The molecule has 0 radical (unpaired) electrons. The molecule has 0 aliphatic rings. The number of fused-ring (bicyclic) bond motifs is 3. The minimum Gasteiger partial charge on any atom is -0.618 e. The minimum atomic E-state index is -0.253. The van der Waals surface area contributed by atoms with Crippen LogP contribution >= 0.6 is 11.6 Å². The zero-order valence-corrected chi connectivity index (χ0v) is 14.2. The van der Waals surface area contributed by atoms with Gasteiger partial charge in [0.25, 0.3) is 11.4 Å². The number of hydrogen-bond acceptors (Lipinski definition) is 6. The van der Waals surface area contributed by atoms with Crippen molar-refractivity contribution in [1.82, 2.24) is 19.5 Å². The number of benzene rings is 1. The molecule has 25 heavy (non-hydrogen) atoms. The maximum absolute atomic E-state index is 12.7. The number of hydrogen-bond donors (Lipinski definition) is 1. The van der Waals surface area contributed by atoms with Gasteiger partial charge in [0, 0.05) is 12.8 Å². The van der Waals surface area contributed by atoms with Gasteiger partial charge in [0.15, 0.2) is 11.5 Å². The molecule has 0 amide bonds. The molecule has 1 atom stereocenters. The molecule has 3 heterocycles. The summed E-state index contributed by atoms with van der Waals surface area (Å²) in [5, 5.41) is 26.2. The van der Waals surface area contributed by atoms with Crippen molar-refractivity contribution in [3.8, 4) is 11.6 Å². The zero-order chi connectivity index (χ0) is 17.7. The maximum atomic E-state index is 12.7. The molecule has 1 N–H and O–H groups in total. The van der Waals surface area contributed by atoms with Crippen LogP contribution in [0.25, 0.3) is 28.1 Å². The number of aromatic nitrogens is 5. The van der Waals surface area contributed by atoms with Crippen LogP contribution in [0, 0.1) is 12.1 Å². The molecule has 0 bridgehead atoms. The molecule has 3 aromatic heterocycles. The van der Waals surface area contributed by atoms with Crippen LogP contribution in [0.15, 0.2) is 29.0 Å². The van der Waals surface area contributed by atoms with Crippen LogP contribution in [-0.4, -0.2) is 31.2 Å². The van der Waals surface area contributed by atoms with Crippen molar-refractivity contribution in [2.24, 2.45) is 0 Å². The second-order valence-electron chi connectivity index (χ2n) is 5.84. The first kappa shape index (κ1) is 15.8. The largest absolute Gasteiger partial charge is 0.618 e. The zero-order valence-electron chi connectivity index (χ0n) is 13.5. The molecule has 0 saturated carbocycles. The number of aliphatic hydroxyl groups excluding tert-OH is 1. The molecule has 1 aromatic carbocycles. The third-order valence-corrected chi connectivity index (χ3v) is 4.51. The Balaban J connectivity index is 2.02. The predicted molar refractivity (Wildman–Crippen MR) is 90.2 cm³/mol. The Kier molecular flexibility index (Phi) is 3.59. The molecule has 0 aliphatic heterocycles. The normalized spacial score (nSPS) is 13.0. The molecule has 1 unspecified atom stereocenters. The quantitative estimate of drug-likeness (QED) is 0.444. The van der Waals surface area contributed by atoms with E-state index in [9.17, 15) is 10.3 Å². The standard InChI is InChI=1S/C16H14ClN5O3/c1-8(6-23)15-19-16(25-20-15)12-13-9(2)22(24)14-10(17)4-3-5-11(14)21(13)7-18-12/h3-5,7-8,23H,6H2,1-2H3. The van der Waals surface area contributed by atoms with Gasteiger partial charge in [-0.2, -0.15) is 9.71 Å². The van der Waals surface area contributed by atoms with Crippen molar-refractivity contribution in [2.75, 3.05) is 6.61 Å². The van der Waals surface area contributed by atoms with E-state index < -0.39 is 0 Å². The molecule has 4 rings (SSSR count). The molecule has 8 nitrogen and oxygen atoms in total.